The molecule has 42 valence electrons. The third-order valence-electron chi connectivity index (χ3n) is 0.637. The summed E-state index contributed by atoms with van der Waals surface area (Å²) in [5.41, 5.74) is 0. The van der Waals surface area contributed by atoms with Crippen LogP contribution in [-0.2, 0) is 4.57 Å². The van der Waals surface area contributed by atoms with E-state index in [1.165, 1.54) is 11.3 Å². The van der Waals surface area contributed by atoms with E-state index >= 15 is 0 Å². The van der Waals surface area contributed by atoms with Crippen LogP contribution in [0.5, 0.6) is 5.06 Å². The van der Waals surface area contributed by atoms with Crippen LogP contribution in [0.1, 0.15) is 0 Å². The van der Waals surface area contributed by atoms with Crippen LogP contribution < -0.4 is 4.52 Å². The molecule has 1 aromatic rings. The van der Waals surface area contributed by atoms with E-state index in [9.17, 15) is 4.57 Å². The second-order valence-corrected chi connectivity index (χ2v) is 2.40. The standard InChI is InChI=1S/C4H4O2PS/c5-7-6-4-2-1-3-8-4/h1-3,7H/q+1. The second kappa shape index (κ2) is 2.80. The van der Waals surface area contributed by atoms with Crippen molar-refractivity contribution in [3.8, 4) is 5.06 Å². The fraction of sp³-hybridized carbons (Fsp3) is 0. The van der Waals surface area contributed by atoms with Gasteiger partial charge in [0.15, 0.2) is 0 Å². The Morgan fingerprint density at radius 2 is 2.62 bits per heavy atom. The molecule has 0 aliphatic rings. The van der Waals surface area contributed by atoms with E-state index in [2.05, 4.69) is 4.52 Å². The van der Waals surface area contributed by atoms with Gasteiger partial charge in [-0.05, 0) is 22.1 Å². The van der Waals surface area contributed by atoms with Crippen LogP contribution in [0.15, 0.2) is 17.5 Å². The highest BCUT2D eigenvalue weighted by molar-refractivity contribution is 7.20. The summed E-state index contributed by atoms with van der Waals surface area (Å²) in [7, 11) is -0.687. The molecule has 0 radical (unpaired) electrons. The van der Waals surface area contributed by atoms with Gasteiger partial charge in [0, 0.05) is 0 Å². The highest BCUT2D eigenvalue weighted by atomic mass is 32.1. The van der Waals surface area contributed by atoms with Crippen LogP contribution in [0.25, 0.3) is 0 Å². The number of hydrogen-bond donors (Lipinski definition) is 0. The molecule has 1 unspecified atom stereocenters. The molecule has 1 heterocycles. The Kier molecular flexibility index (Phi) is 2.00. The molecule has 0 aliphatic carbocycles. The first-order chi connectivity index (χ1) is 3.93. The molecular formula is C4H4O2PS+. The van der Waals surface area contributed by atoms with Gasteiger partial charge in [0.25, 0.3) is 0 Å². The highest BCUT2D eigenvalue weighted by Crippen LogP contribution is 2.21. The van der Waals surface area contributed by atoms with Crippen molar-refractivity contribution in [2.75, 3.05) is 0 Å². The summed E-state index contributed by atoms with van der Waals surface area (Å²) in [6.45, 7) is 0. The summed E-state index contributed by atoms with van der Waals surface area (Å²) in [5.74, 6) is 0. The van der Waals surface area contributed by atoms with Gasteiger partial charge in [-0.15, -0.1) is 11.3 Å². The smallest absolute Gasteiger partial charge is 0.245 e. The quantitative estimate of drug-likeness (QED) is 0.598. The largest absolute Gasteiger partial charge is 0.543 e. The van der Waals surface area contributed by atoms with Gasteiger partial charge in [-0.25, -0.2) is 4.52 Å². The predicted octanol–water partition coefficient (Wildman–Crippen LogP) is 2.07. The minimum Gasteiger partial charge on any atom is -0.245 e. The monoisotopic (exact) mass is 147 g/mol. The molecule has 0 spiro atoms. The summed E-state index contributed by atoms with van der Waals surface area (Å²) in [6, 6.07) is 3.62. The summed E-state index contributed by atoms with van der Waals surface area (Å²) >= 11 is 1.43. The average molecular weight is 147 g/mol. The molecule has 0 fully saturated rings. The Bertz CT molecular complexity index is 161. The van der Waals surface area contributed by atoms with E-state index in [0.717, 1.165) is 0 Å². The maximum Gasteiger partial charge on any atom is 0.543 e. The van der Waals surface area contributed by atoms with Gasteiger partial charge in [0.1, 0.15) is 0 Å². The maximum atomic E-state index is 9.81. The van der Waals surface area contributed by atoms with Crippen molar-refractivity contribution >= 4 is 20.0 Å². The normalized spacial score (nSPS) is 9.50. The SMILES string of the molecule is O=[PH+]Oc1cccs1. The molecule has 0 aliphatic heterocycles. The van der Waals surface area contributed by atoms with E-state index in [0.29, 0.717) is 5.06 Å². The van der Waals surface area contributed by atoms with Crippen molar-refractivity contribution in [1.29, 1.82) is 0 Å². The van der Waals surface area contributed by atoms with E-state index in [-0.39, 0.29) is 0 Å². The van der Waals surface area contributed by atoms with Gasteiger partial charge in [-0.1, -0.05) is 0 Å². The van der Waals surface area contributed by atoms with Crippen LogP contribution in [0.3, 0.4) is 0 Å². The molecule has 0 amide bonds. The molecule has 1 rings (SSSR count). The Hall–Kier alpha value is -0.400. The minimum absolute atomic E-state index is 0.687. The first-order valence-electron chi connectivity index (χ1n) is 2.01. The third kappa shape index (κ3) is 1.29. The summed E-state index contributed by atoms with van der Waals surface area (Å²) in [4.78, 5) is 0. The Balaban J connectivity index is 2.62. The zero-order valence-corrected chi connectivity index (χ0v) is 5.77. The van der Waals surface area contributed by atoms with Crippen LogP contribution >= 0.6 is 20.0 Å². The summed E-state index contributed by atoms with van der Waals surface area (Å²) in [5, 5.41) is 2.58. The average Bonchev–Trinajstić information content (AvgIpc) is 2.19. The third-order valence-corrected chi connectivity index (χ3v) is 1.83. The predicted molar refractivity (Wildman–Crippen MR) is 33.9 cm³/mol. The maximum absolute atomic E-state index is 9.81. The molecule has 0 N–H and O–H groups in total. The zero-order valence-electron chi connectivity index (χ0n) is 3.96. The fourth-order valence-corrected chi connectivity index (χ4v) is 1.26. The molecule has 0 saturated heterocycles. The minimum atomic E-state index is -0.687. The molecule has 0 aromatic carbocycles. The Morgan fingerprint density at radius 3 is 3.12 bits per heavy atom. The molecule has 1 aromatic heterocycles. The van der Waals surface area contributed by atoms with Gasteiger partial charge in [-0.3, -0.25) is 0 Å². The van der Waals surface area contributed by atoms with Crippen LogP contribution in [0.4, 0.5) is 0 Å². The molecule has 2 nitrogen and oxygen atoms in total. The van der Waals surface area contributed by atoms with Crippen molar-refractivity contribution in [3.63, 3.8) is 0 Å². The zero-order chi connectivity index (χ0) is 5.82. The topological polar surface area (TPSA) is 26.3 Å². The van der Waals surface area contributed by atoms with Crippen LogP contribution in [0.2, 0.25) is 0 Å². The van der Waals surface area contributed by atoms with Crippen molar-refractivity contribution in [3.05, 3.63) is 17.5 Å². The van der Waals surface area contributed by atoms with Crippen molar-refractivity contribution in [1.82, 2.24) is 0 Å². The molecule has 1 atom stereocenters. The molecule has 0 bridgehead atoms. The van der Waals surface area contributed by atoms with E-state index in [1.54, 1.807) is 6.07 Å². The first kappa shape index (κ1) is 5.73. The van der Waals surface area contributed by atoms with Crippen molar-refractivity contribution < 1.29 is 9.09 Å². The fourth-order valence-electron chi connectivity index (χ4n) is 0.363. The first-order valence-corrected chi connectivity index (χ1v) is 3.70. The van der Waals surface area contributed by atoms with Gasteiger partial charge >= 0.3 is 8.69 Å². The number of hydrogen-bond acceptors (Lipinski definition) is 3. The molecular weight excluding hydrogens is 143 g/mol. The van der Waals surface area contributed by atoms with Crippen LogP contribution in [0, 0.1) is 0 Å². The lowest BCUT2D eigenvalue weighted by Gasteiger charge is -1.73. The lowest BCUT2D eigenvalue weighted by Crippen LogP contribution is -1.61. The van der Waals surface area contributed by atoms with Gasteiger partial charge in [0.2, 0.25) is 5.06 Å². The Labute approximate surface area is 52.4 Å². The summed E-state index contributed by atoms with van der Waals surface area (Å²) in [6.07, 6.45) is 0. The van der Waals surface area contributed by atoms with E-state index < -0.39 is 8.69 Å². The highest BCUT2D eigenvalue weighted by Gasteiger charge is 1.95. The number of thiophene rings is 1. The van der Waals surface area contributed by atoms with Crippen LogP contribution in [-0.4, -0.2) is 0 Å². The Morgan fingerprint density at radius 1 is 1.75 bits per heavy atom. The molecule has 0 saturated carbocycles. The van der Waals surface area contributed by atoms with Gasteiger partial charge in [0.05, 0.1) is 0 Å². The summed E-state index contributed by atoms with van der Waals surface area (Å²) < 4.78 is 14.4. The van der Waals surface area contributed by atoms with E-state index in [1.807, 2.05) is 11.4 Å². The van der Waals surface area contributed by atoms with Gasteiger partial charge < -0.3 is 0 Å². The second-order valence-electron chi connectivity index (χ2n) is 1.12. The lowest BCUT2D eigenvalue weighted by molar-refractivity contribution is 0.531. The van der Waals surface area contributed by atoms with Crippen molar-refractivity contribution in [2.24, 2.45) is 0 Å². The number of rotatable bonds is 2. The molecule has 4 heteroatoms. The lowest BCUT2D eigenvalue weighted by atomic mass is 10.7. The molecule has 8 heavy (non-hydrogen) atoms. The van der Waals surface area contributed by atoms with Gasteiger partial charge in [-0.2, -0.15) is 0 Å². The van der Waals surface area contributed by atoms with Crippen molar-refractivity contribution in [2.45, 2.75) is 0 Å². The van der Waals surface area contributed by atoms with E-state index in [4.69, 9.17) is 0 Å².